The highest BCUT2D eigenvalue weighted by molar-refractivity contribution is 5.95. The zero-order valence-electron chi connectivity index (χ0n) is 11.5. The number of aromatic nitrogens is 2. The molecule has 1 aromatic heterocycles. The van der Waals surface area contributed by atoms with Crippen LogP contribution in [0.25, 0.3) is 0 Å². The summed E-state index contributed by atoms with van der Waals surface area (Å²) in [4.78, 5) is 16.0. The van der Waals surface area contributed by atoms with Crippen molar-refractivity contribution in [2.75, 3.05) is 6.54 Å². The number of nitrogens with one attached hydrogen (secondary N) is 1. The van der Waals surface area contributed by atoms with Gasteiger partial charge in [-0.2, -0.15) is 0 Å². The molecule has 5 heteroatoms. The number of carbonyl (C=O) groups excluding carboxylic acids is 1. The van der Waals surface area contributed by atoms with Gasteiger partial charge in [0.1, 0.15) is 0 Å². The largest absolute Gasteiger partial charge is 0.352 e. The Morgan fingerprint density at radius 2 is 2.15 bits per heavy atom. The standard InChI is InChI=1S/C15H20N4O/c16-11-13-5-1-2-6-14(13)15(20)18-7-3-4-9-19-10-8-17-12-19/h1-2,5-6,8,10,12H,3-4,7,9,11,16H2,(H,18,20). The molecule has 0 spiro atoms. The summed E-state index contributed by atoms with van der Waals surface area (Å²) >= 11 is 0. The summed E-state index contributed by atoms with van der Waals surface area (Å²) in [7, 11) is 0. The molecular formula is C15H20N4O. The Morgan fingerprint density at radius 1 is 1.30 bits per heavy atom. The zero-order chi connectivity index (χ0) is 14.2. The Hall–Kier alpha value is -2.14. The number of unbranched alkanes of at least 4 members (excludes halogenated alkanes) is 1. The van der Waals surface area contributed by atoms with Crippen LogP contribution in [0.3, 0.4) is 0 Å². The lowest BCUT2D eigenvalue weighted by molar-refractivity contribution is 0.0952. The average Bonchev–Trinajstić information content (AvgIpc) is 3.00. The Morgan fingerprint density at radius 3 is 2.90 bits per heavy atom. The van der Waals surface area contributed by atoms with Crippen LogP contribution in [0.5, 0.6) is 0 Å². The number of nitrogens with two attached hydrogens (primary N) is 1. The highest BCUT2D eigenvalue weighted by atomic mass is 16.1. The van der Waals surface area contributed by atoms with E-state index in [4.69, 9.17) is 5.73 Å². The summed E-state index contributed by atoms with van der Waals surface area (Å²) in [5.41, 5.74) is 7.18. The molecule has 0 radical (unpaired) electrons. The Kier molecular flexibility index (Phi) is 5.32. The number of hydrogen-bond acceptors (Lipinski definition) is 3. The fourth-order valence-corrected chi connectivity index (χ4v) is 2.06. The van der Waals surface area contributed by atoms with Crippen molar-refractivity contribution in [3.05, 3.63) is 54.1 Å². The second-order valence-electron chi connectivity index (χ2n) is 4.62. The van der Waals surface area contributed by atoms with Gasteiger partial charge in [0.2, 0.25) is 0 Å². The molecule has 2 aromatic rings. The summed E-state index contributed by atoms with van der Waals surface area (Å²) in [6.45, 7) is 1.98. The van der Waals surface area contributed by atoms with Crippen LogP contribution < -0.4 is 11.1 Å². The third kappa shape index (κ3) is 3.93. The monoisotopic (exact) mass is 272 g/mol. The van der Waals surface area contributed by atoms with E-state index < -0.39 is 0 Å². The Bertz CT molecular complexity index is 537. The molecule has 5 nitrogen and oxygen atoms in total. The minimum atomic E-state index is -0.0475. The first-order chi connectivity index (χ1) is 9.81. The minimum absolute atomic E-state index is 0.0475. The van der Waals surface area contributed by atoms with E-state index in [1.54, 1.807) is 12.5 Å². The smallest absolute Gasteiger partial charge is 0.251 e. The molecule has 0 saturated heterocycles. The van der Waals surface area contributed by atoms with E-state index >= 15 is 0 Å². The third-order valence-corrected chi connectivity index (χ3v) is 3.17. The van der Waals surface area contributed by atoms with E-state index in [0.29, 0.717) is 18.7 Å². The number of nitrogens with zero attached hydrogens (tertiary/aromatic N) is 2. The fraction of sp³-hybridized carbons (Fsp3) is 0.333. The number of benzene rings is 1. The predicted octanol–water partition coefficient (Wildman–Crippen LogP) is 1.55. The highest BCUT2D eigenvalue weighted by Gasteiger charge is 2.08. The van der Waals surface area contributed by atoms with Gasteiger partial charge in [-0.3, -0.25) is 4.79 Å². The van der Waals surface area contributed by atoms with Gasteiger partial charge in [0.05, 0.1) is 6.33 Å². The number of hydrogen-bond donors (Lipinski definition) is 2. The van der Waals surface area contributed by atoms with E-state index in [1.807, 2.05) is 35.0 Å². The second-order valence-corrected chi connectivity index (χ2v) is 4.62. The van der Waals surface area contributed by atoms with Gasteiger partial charge in [0.15, 0.2) is 0 Å². The molecule has 1 aromatic carbocycles. The summed E-state index contributed by atoms with van der Waals surface area (Å²) in [6.07, 6.45) is 7.46. The molecular weight excluding hydrogens is 252 g/mol. The van der Waals surface area contributed by atoms with Crippen LogP contribution in [0.1, 0.15) is 28.8 Å². The van der Waals surface area contributed by atoms with Gasteiger partial charge in [-0.05, 0) is 24.5 Å². The highest BCUT2D eigenvalue weighted by Crippen LogP contribution is 2.07. The molecule has 3 N–H and O–H groups in total. The van der Waals surface area contributed by atoms with Crippen LogP contribution in [0.15, 0.2) is 43.0 Å². The van der Waals surface area contributed by atoms with Gasteiger partial charge >= 0.3 is 0 Å². The topological polar surface area (TPSA) is 72.9 Å². The van der Waals surface area contributed by atoms with E-state index in [0.717, 1.165) is 24.9 Å². The lowest BCUT2D eigenvalue weighted by Gasteiger charge is -2.08. The summed E-state index contributed by atoms with van der Waals surface area (Å²) < 4.78 is 2.03. The first-order valence-corrected chi connectivity index (χ1v) is 6.83. The molecule has 2 rings (SSSR count). The van der Waals surface area contributed by atoms with Crippen molar-refractivity contribution in [1.29, 1.82) is 0 Å². The lowest BCUT2D eigenvalue weighted by atomic mass is 10.1. The van der Waals surface area contributed by atoms with Gasteiger partial charge < -0.3 is 15.6 Å². The number of rotatable bonds is 7. The molecule has 0 unspecified atom stereocenters. The fourth-order valence-electron chi connectivity index (χ4n) is 2.06. The summed E-state index contributed by atoms with van der Waals surface area (Å²) in [6, 6.07) is 7.44. The number of imidazole rings is 1. The van der Waals surface area contributed by atoms with Crippen LogP contribution in [-0.2, 0) is 13.1 Å². The zero-order valence-corrected chi connectivity index (χ0v) is 11.5. The lowest BCUT2D eigenvalue weighted by Crippen LogP contribution is -2.26. The molecule has 20 heavy (non-hydrogen) atoms. The predicted molar refractivity (Wildman–Crippen MR) is 78.1 cm³/mol. The van der Waals surface area contributed by atoms with Gasteiger partial charge in [-0.1, -0.05) is 18.2 Å². The Balaban J connectivity index is 1.72. The molecule has 1 amide bonds. The first-order valence-electron chi connectivity index (χ1n) is 6.83. The average molecular weight is 272 g/mol. The maximum absolute atomic E-state index is 12.0. The number of amides is 1. The normalized spacial score (nSPS) is 10.4. The van der Waals surface area contributed by atoms with E-state index in [-0.39, 0.29) is 5.91 Å². The maximum Gasteiger partial charge on any atom is 0.251 e. The van der Waals surface area contributed by atoms with Crippen molar-refractivity contribution in [3.63, 3.8) is 0 Å². The van der Waals surface area contributed by atoms with Crippen molar-refractivity contribution < 1.29 is 4.79 Å². The number of aryl methyl sites for hydroxylation is 1. The van der Waals surface area contributed by atoms with Crippen LogP contribution in [0, 0.1) is 0 Å². The summed E-state index contributed by atoms with van der Waals surface area (Å²) in [5, 5.41) is 2.93. The summed E-state index contributed by atoms with van der Waals surface area (Å²) in [5.74, 6) is -0.0475. The molecule has 0 aliphatic carbocycles. The molecule has 0 fully saturated rings. The molecule has 0 atom stereocenters. The van der Waals surface area contributed by atoms with Crippen LogP contribution in [0.4, 0.5) is 0 Å². The van der Waals surface area contributed by atoms with Gasteiger partial charge in [0.25, 0.3) is 5.91 Å². The van der Waals surface area contributed by atoms with Gasteiger partial charge in [-0.15, -0.1) is 0 Å². The molecule has 0 saturated carbocycles. The van der Waals surface area contributed by atoms with Gasteiger partial charge in [0, 0.05) is 37.6 Å². The van der Waals surface area contributed by atoms with Crippen LogP contribution >= 0.6 is 0 Å². The first kappa shape index (κ1) is 14.3. The van der Waals surface area contributed by atoms with Gasteiger partial charge in [-0.25, -0.2) is 4.98 Å². The molecule has 106 valence electrons. The second kappa shape index (κ2) is 7.45. The molecule has 0 bridgehead atoms. The van der Waals surface area contributed by atoms with Crippen LogP contribution in [0.2, 0.25) is 0 Å². The van der Waals surface area contributed by atoms with E-state index in [9.17, 15) is 4.79 Å². The Labute approximate surface area is 118 Å². The maximum atomic E-state index is 12.0. The molecule has 0 aliphatic rings. The SMILES string of the molecule is NCc1ccccc1C(=O)NCCCCn1ccnc1. The number of carbonyl (C=O) groups is 1. The quantitative estimate of drug-likeness (QED) is 0.751. The molecule has 1 heterocycles. The van der Waals surface area contributed by atoms with Crippen molar-refractivity contribution in [1.82, 2.24) is 14.9 Å². The van der Waals surface area contributed by atoms with E-state index in [1.165, 1.54) is 0 Å². The molecule has 0 aliphatic heterocycles. The third-order valence-electron chi connectivity index (χ3n) is 3.17. The van der Waals surface area contributed by atoms with Crippen molar-refractivity contribution >= 4 is 5.91 Å². The van der Waals surface area contributed by atoms with Crippen molar-refractivity contribution in [2.24, 2.45) is 5.73 Å². The van der Waals surface area contributed by atoms with Crippen molar-refractivity contribution in [2.45, 2.75) is 25.9 Å². The van der Waals surface area contributed by atoms with Crippen LogP contribution in [-0.4, -0.2) is 22.0 Å². The van der Waals surface area contributed by atoms with Crippen molar-refractivity contribution in [3.8, 4) is 0 Å². The van der Waals surface area contributed by atoms with E-state index in [2.05, 4.69) is 10.3 Å². The minimum Gasteiger partial charge on any atom is -0.352 e.